The first-order valence-electron chi connectivity index (χ1n) is 4.19. The number of nitrogens with zero attached hydrogens (tertiary/aromatic N) is 2. The zero-order valence-corrected chi connectivity index (χ0v) is 8.04. The lowest BCUT2D eigenvalue weighted by Crippen LogP contribution is -2.36. The summed E-state index contributed by atoms with van der Waals surface area (Å²) < 4.78 is 1.45. The molecule has 1 unspecified atom stereocenters. The van der Waals surface area contributed by atoms with Gasteiger partial charge in [-0.05, 0) is 6.07 Å². The number of carboxylic acid groups (broad SMARTS) is 1. The van der Waals surface area contributed by atoms with Gasteiger partial charge in [0.15, 0.2) is 6.10 Å². The molecule has 7 nitrogen and oxygen atoms in total. The Kier molecular flexibility index (Phi) is 3.40. The van der Waals surface area contributed by atoms with Crippen LogP contribution in [0.5, 0.6) is 0 Å². The van der Waals surface area contributed by atoms with Gasteiger partial charge in [0.1, 0.15) is 5.69 Å². The molecule has 3 N–H and O–H groups in total. The van der Waals surface area contributed by atoms with Crippen LogP contribution >= 0.6 is 0 Å². The molecule has 82 valence electrons. The van der Waals surface area contributed by atoms with Gasteiger partial charge in [-0.2, -0.15) is 5.10 Å². The van der Waals surface area contributed by atoms with E-state index >= 15 is 0 Å². The molecule has 1 heterocycles. The predicted molar refractivity (Wildman–Crippen MR) is 49.2 cm³/mol. The van der Waals surface area contributed by atoms with Crippen LogP contribution in [0.2, 0.25) is 0 Å². The molecule has 0 fully saturated rings. The van der Waals surface area contributed by atoms with Crippen molar-refractivity contribution in [2.24, 2.45) is 7.05 Å². The topological polar surface area (TPSA) is 104 Å². The van der Waals surface area contributed by atoms with E-state index in [1.807, 2.05) is 0 Å². The first kappa shape index (κ1) is 11.2. The SMILES string of the molecule is Cn1ccc(C(=O)NCC(O)C(=O)O)n1. The highest BCUT2D eigenvalue weighted by molar-refractivity contribution is 5.92. The van der Waals surface area contributed by atoms with E-state index in [4.69, 9.17) is 10.2 Å². The molecule has 0 aliphatic heterocycles. The first-order chi connectivity index (χ1) is 7.00. The molecule has 0 radical (unpaired) electrons. The molecule has 0 bridgehead atoms. The lowest BCUT2D eigenvalue weighted by atomic mass is 10.3. The van der Waals surface area contributed by atoms with E-state index < -0.39 is 18.0 Å². The van der Waals surface area contributed by atoms with Crippen LogP contribution in [0.1, 0.15) is 10.5 Å². The van der Waals surface area contributed by atoms with E-state index in [1.54, 1.807) is 13.2 Å². The third-order valence-electron chi connectivity index (χ3n) is 1.69. The number of amides is 1. The van der Waals surface area contributed by atoms with Crippen LogP contribution in [0.3, 0.4) is 0 Å². The van der Waals surface area contributed by atoms with Crippen LogP contribution in [0, 0.1) is 0 Å². The van der Waals surface area contributed by atoms with E-state index in [1.165, 1.54) is 10.7 Å². The number of hydrogen-bond acceptors (Lipinski definition) is 4. The van der Waals surface area contributed by atoms with Crippen LogP contribution in [0.25, 0.3) is 0 Å². The largest absolute Gasteiger partial charge is 0.479 e. The number of aryl methyl sites for hydroxylation is 1. The number of nitrogens with one attached hydrogen (secondary N) is 1. The fourth-order valence-electron chi connectivity index (χ4n) is 0.903. The molecule has 0 aliphatic carbocycles. The second-order valence-electron chi connectivity index (χ2n) is 2.94. The zero-order chi connectivity index (χ0) is 11.4. The van der Waals surface area contributed by atoms with Crippen molar-refractivity contribution in [2.45, 2.75) is 6.10 Å². The molecule has 0 aromatic carbocycles. The van der Waals surface area contributed by atoms with Crippen LogP contribution in [-0.2, 0) is 11.8 Å². The van der Waals surface area contributed by atoms with Gasteiger partial charge in [-0.25, -0.2) is 4.79 Å². The maximum Gasteiger partial charge on any atom is 0.334 e. The fraction of sp³-hybridized carbons (Fsp3) is 0.375. The molecule has 1 atom stereocenters. The summed E-state index contributed by atoms with van der Waals surface area (Å²) in [7, 11) is 1.66. The Morgan fingerprint density at radius 2 is 2.33 bits per heavy atom. The third kappa shape index (κ3) is 3.06. The van der Waals surface area contributed by atoms with Gasteiger partial charge < -0.3 is 15.5 Å². The average Bonchev–Trinajstić information content (AvgIpc) is 2.60. The summed E-state index contributed by atoms with van der Waals surface area (Å²) in [6.45, 7) is -0.343. The molecule has 0 spiro atoms. The van der Waals surface area contributed by atoms with Crippen molar-refractivity contribution in [3.05, 3.63) is 18.0 Å². The molecular formula is C8H11N3O4. The van der Waals surface area contributed by atoms with Crippen molar-refractivity contribution in [3.8, 4) is 0 Å². The Bertz CT molecular complexity index is 374. The van der Waals surface area contributed by atoms with Crippen LogP contribution < -0.4 is 5.32 Å². The quantitative estimate of drug-likeness (QED) is 0.570. The molecule has 1 aromatic rings. The van der Waals surface area contributed by atoms with Crippen molar-refractivity contribution in [2.75, 3.05) is 6.54 Å². The van der Waals surface area contributed by atoms with Crippen molar-refractivity contribution < 1.29 is 19.8 Å². The van der Waals surface area contributed by atoms with Crippen molar-refractivity contribution in [3.63, 3.8) is 0 Å². The second kappa shape index (κ2) is 4.56. The Hall–Kier alpha value is -1.89. The highest BCUT2D eigenvalue weighted by atomic mass is 16.4. The molecular weight excluding hydrogens is 202 g/mol. The monoisotopic (exact) mass is 213 g/mol. The molecule has 1 amide bonds. The van der Waals surface area contributed by atoms with Gasteiger partial charge in [0.25, 0.3) is 5.91 Å². The lowest BCUT2D eigenvalue weighted by Gasteiger charge is -2.05. The predicted octanol–water partition coefficient (Wildman–Crippen LogP) is -1.40. The molecule has 1 rings (SSSR count). The maximum absolute atomic E-state index is 11.3. The van der Waals surface area contributed by atoms with Crippen LogP contribution in [0.15, 0.2) is 12.3 Å². The third-order valence-corrected chi connectivity index (χ3v) is 1.69. The number of aliphatic hydroxyl groups excluding tert-OH is 1. The standard InChI is InChI=1S/C8H11N3O4/c1-11-3-2-5(10-11)7(13)9-4-6(12)8(14)15/h2-3,6,12H,4H2,1H3,(H,9,13)(H,14,15). The summed E-state index contributed by atoms with van der Waals surface area (Å²) in [5.74, 6) is -1.90. The number of carbonyl (C=O) groups is 2. The van der Waals surface area contributed by atoms with Gasteiger partial charge in [-0.3, -0.25) is 9.48 Å². The number of carboxylic acids is 1. The highest BCUT2D eigenvalue weighted by Gasteiger charge is 2.15. The fourth-order valence-corrected chi connectivity index (χ4v) is 0.903. The Morgan fingerprint density at radius 3 is 2.80 bits per heavy atom. The normalized spacial score (nSPS) is 12.1. The number of carbonyl (C=O) groups excluding carboxylic acids is 1. The summed E-state index contributed by atoms with van der Waals surface area (Å²) in [6.07, 6.45) is -0.0135. The average molecular weight is 213 g/mol. The zero-order valence-electron chi connectivity index (χ0n) is 8.04. The maximum atomic E-state index is 11.3. The van der Waals surface area contributed by atoms with Crippen molar-refractivity contribution >= 4 is 11.9 Å². The van der Waals surface area contributed by atoms with Crippen molar-refractivity contribution in [1.29, 1.82) is 0 Å². The van der Waals surface area contributed by atoms with Crippen LogP contribution in [0.4, 0.5) is 0 Å². The van der Waals surface area contributed by atoms with Crippen molar-refractivity contribution in [1.82, 2.24) is 15.1 Å². The molecule has 7 heteroatoms. The highest BCUT2D eigenvalue weighted by Crippen LogP contribution is 1.93. The second-order valence-corrected chi connectivity index (χ2v) is 2.94. The van der Waals surface area contributed by atoms with E-state index in [0.717, 1.165) is 0 Å². The number of aromatic nitrogens is 2. The van der Waals surface area contributed by atoms with E-state index in [2.05, 4.69) is 10.4 Å². The summed E-state index contributed by atoms with van der Waals surface area (Å²) in [6, 6.07) is 1.49. The van der Waals surface area contributed by atoms with E-state index in [9.17, 15) is 9.59 Å². The number of aliphatic carboxylic acids is 1. The number of hydrogen-bond donors (Lipinski definition) is 3. The van der Waals surface area contributed by atoms with Gasteiger partial charge in [0, 0.05) is 13.2 Å². The first-order valence-corrected chi connectivity index (χ1v) is 4.19. The minimum Gasteiger partial charge on any atom is -0.479 e. The number of aliphatic hydroxyl groups is 1. The molecule has 0 aliphatic rings. The smallest absolute Gasteiger partial charge is 0.334 e. The van der Waals surface area contributed by atoms with Gasteiger partial charge in [-0.1, -0.05) is 0 Å². The number of rotatable bonds is 4. The van der Waals surface area contributed by atoms with Gasteiger partial charge >= 0.3 is 5.97 Å². The van der Waals surface area contributed by atoms with E-state index in [0.29, 0.717) is 0 Å². The Balaban J connectivity index is 2.47. The van der Waals surface area contributed by atoms with Crippen LogP contribution in [-0.4, -0.2) is 44.5 Å². The van der Waals surface area contributed by atoms with Gasteiger partial charge in [0.2, 0.25) is 0 Å². The summed E-state index contributed by atoms with van der Waals surface area (Å²) in [5.41, 5.74) is 0.176. The summed E-state index contributed by atoms with van der Waals surface area (Å²) >= 11 is 0. The van der Waals surface area contributed by atoms with Gasteiger partial charge in [0.05, 0.1) is 6.54 Å². The Morgan fingerprint density at radius 1 is 1.67 bits per heavy atom. The lowest BCUT2D eigenvalue weighted by molar-refractivity contribution is -0.146. The molecule has 15 heavy (non-hydrogen) atoms. The summed E-state index contributed by atoms with van der Waals surface area (Å²) in [5, 5.41) is 23.3. The summed E-state index contributed by atoms with van der Waals surface area (Å²) in [4.78, 5) is 21.5. The molecule has 0 saturated heterocycles. The Labute approximate surface area is 85.3 Å². The molecule has 1 aromatic heterocycles. The minimum absolute atomic E-state index is 0.176. The van der Waals surface area contributed by atoms with E-state index in [-0.39, 0.29) is 12.2 Å². The minimum atomic E-state index is -1.60. The molecule has 0 saturated carbocycles. The van der Waals surface area contributed by atoms with Gasteiger partial charge in [-0.15, -0.1) is 0 Å².